The molecule has 26 heavy (non-hydrogen) atoms. The van der Waals surface area contributed by atoms with E-state index in [2.05, 4.69) is 20.3 Å². The van der Waals surface area contributed by atoms with Crippen molar-refractivity contribution in [1.29, 1.82) is 0 Å². The summed E-state index contributed by atoms with van der Waals surface area (Å²) in [4.78, 5) is 23.9. The molecular weight excluding hydrogens is 369 g/mol. The van der Waals surface area contributed by atoms with Gasteiger partial charge in [-0.15, -0.1) is 0 Å². The zero-order valence-electron chi connectivity index (χ0n) is 13.4. The third kappa shape index (κ3) is 4.26. The first-order valence-corrected chi connectivity index (χ1v) is 8.31. The molecule has 0 saturated heterocycles. The van der Waals surface area contributed by atoms with Gasteiger partial charge in [-0.1, -0.05) is 11.8 Å². The van der Waals surface area contributed by atoms with Crippen LogP contribution in [0.25, 0.3) is 11.2 Å². The molecule has 0 bridgehead atoms. The molecule has 0 fully saturated rings. The normalized spacial score (nSPS) is 11.5. The Morgan fingerprint density at radius 1 is 1.27 bits per heavy atom. The van der Waals surface area contributed by atoms with Crippen LogP contribution in [0.2, 0.25) is 0 Å². The largest absolute Gasteiger partial charge is 0.450 e. The van der Waals surface area contributed by atoms with Crippen LogP contribution in [-0.4, -0.2) is 27.7 Å². The van der Waals surface area contributed by atoms with Crippen LogP contribution in [0.5, 0.6) is 0 Å². The first-order chi connectivity index (χ1) is 12.3. The summed E-state index contributed by atoms with van der Waals surface area (Å²) in [6.07, 6.45) is -3.44. The Kier molecular flexibility index (Phi) is 5.03. The first kappa shape index (κ1) is 18.1. The number of hydrogen-bond acceptors (Lipinski definition) is 5. The molecule has 0 atom stereocenters. The van der Waals surface area contributed by atoms with Crippen molar-refractivity contribution >= 4 is 35.0 Å². The van der Waals surface area contributed by atoms with Crippen molar-refractivity contribution in [3.63, 3.8) is 0 Å². The number of anilines is 1. The fourth-order valence-corrected chi connectivity index (χ4v) is 2.93. The topological polar surface area (TPSA) is 79.9 Å². The van der Waals surface area contributed by atoms with Gasteiger partial charge in [0.2, 0.25) is 5.95 Å². The molecule has 0 unspecified atom stereocenters. The highest BCUT2D eigenvalue weighted by molar-refractivity contribution is 7.99. The predicted octanol–water partition coefficient (Wildman–Crippen LogP) is 4.70. The van der Waals surface area contributed by atoms with Gasteiger partial charge in [0.1, 0.15) is 0 Å². The summed E-state index contributed by atoms with van der Waals surface area (Å²) in [6.45, 7) is 1.92. The number of carbonyl (C=O) groups is 1. The molecule has 2 heterocycles. The van der Waals surface area contributed by atoms with Crippen molar-refractivity contribution < 1.29 is 22.7 Å². The third-order valence-electron chi connectivity index (χ3n) is 3.23. The maximum Gasteiger partial charge on any atom is 0.416 e. The molecule has 10 heteroatoms. The van der Waals surface area contributed by atoms with E-state index in [1.807, 2.05) is 0 Å². The Morgan fingerprint density at radius 2 is 2.00 bits per heavy atom. The molecule has 0 saturated carbocycles. The Labute approximate surface area is 150 Å². The summed E-state index contributed by atoms with van der Waals surface area (Å²) >= 11 is 1.26. The Hall–Kier alpha value is -2.75. The number of halogens is 3. The first-order valence-electron chi connectivity index (χ1n) is 7.50. The highest BCUT2D eigenvalue weighted by atomic mass is 32.2. The average molecular weight is 382 g/mol. The Bertz CT molecular complexity index is 925. The second kappa shape index (κ2) is 7.24. The van der Waals surface area contributed by atoms with Gasteiger partial charge >= 0.3 is 12.3 Å². The third-order valence-corrected chi connectivity index (χ3v) is 4.19. The lowest BCUT2D eigenvalue weighted by molar-refractivity contribution is -0.137. The molecule has 0 aliphatic carbocycles. The number of fused-ring (bicyclic) bond motifs is 1. The smallest absolute Gasteiger partial charge is 0.416 e. The fraction of sp³-hybridized carbons (Fsp3) is 0.188. The minimum atomic E-state index is -4.36. The molecule has 2 aromatic heterocycles. The molecule has 0 aliphatic rings. The SMILES string of the molecule is CCOC(=O)Nc1nc2ncc(Sc3ccc(C(F)(F)F)cc3)cc2[nH]1. The number of pyridine rings is 1. The molecule has 1 amide bonds. The predicted molar refractivity (Wildman–Crippen MR) is 90.1 cm³/mol. The van der Waals surface area contributed by atoms with Crippen LogP contribution in [0.1, 0.15) is 12.5 Å². The number of alkyl halides is 3. The summed E-state index contributed by atoms with van der Waals surface area (Å²) in [5, 5.41) is 2.44. The molecule has 3 rings (SSSR count). The van der Waals surface area contributed by atoms with Gasteiger partial charge in [-0.05, 0) is 37.3 Å². The van der Waals surface area contributed by atoms with Crippen molar-refractivity contribution in [2.45, 2.75) is 22.9 Å². The van der Waals surface area contributed by atoms with E-state index in [9.17, 15) is 18.0 Å². The molecule has 136 valence electrons. The summed E-state index contributed by atoms with van der Waals surface area (Å²) in [6, 6.07) is 6.61. The van der Waals surface area contributed by atoms with Crippen LogP contribution in [0.3, 0.4) is 0 Å². The van der Waals surface area contributed by atoms with Gasteiger partial charge in [0.15, 0.2) is 5.65 Å². The van der Waals surface area contributed by atoms with Crippen molar-refractivity contribution in [1.82, 2.24) is 15.0 Å². The van der Waals surface area contributed by atoms with E-state index in [4.69, 9.17) is 4.74 Å². The highest BCUT2D eigenvalue weighted by Gasteiger charge is 2.29. The van der Waals surface area contributed by atoms with Crippen molar-refractivity contribution in [3.05, 3.63) is 42.1 Å². The van der Waals surface area contributed by atoms with Gasteiger partial charge in [-0.3, -0.25) is 5.32 Å². The van der Waals surface area contributed by atoms with Crippen molar-refractivity contribution in [2.75, 3.05) is 11.9 Å². The van der Waals surface area contributed by atoms with E-state index < -0.39 is 17.8 Å². The van der Waals surface area contributed by atoms with Crippen LogP contribution in [0, 0.1) is 0 Å². The van der Waals surface area contributed by atoms with Crippen LogP contribution in [0.15, 0.2) is 46.3 Å². The number of hydrogen-bond donors (Lipinski definition) is 2. The minimum absolute atomic E-state index is 0.197. The monoisotopic (exact) mass is 382 g/mol. The van der Waals surface area contributed by atoms with E-state index >= 15 is 0 Å². The lowest BCUT2D eigenvalue weighted by Gasteiger charge is -2.07. The van der Waals surface area contributed by atoms with Gasteiger partial charge in [0.25, 0.3) is 0 Å². The summed E-state index contributed by atoms with van der Waals surface area (Å²) in [5.41, 5.74) is 0.279. The van der Waals surface area contributed by atoms with Gasteiger partial charge in [0, 0.05) is 16.0 Å². The Morgan fingerprint density at radius 3 is 2.65 bits per heavy atom. The number of aromatic amines is 1. The van der Waals surface area contributed by atoms with Crippen LogP contribution in [0.4, 0.5) is 23.9 Å². The van der Waals surface area contributed by atoms with Crippen LogP contribution >= 0.6 is 11.8 Å². The highest BCUT2D eigenvalue weighted by Crippen LogP contribution is 2.33. The second-order valence-corrected chi connectivity index (χ2v) is 6.24. The molecule has 0 radical (unpaired) electrons. The number of benzene rings is 1. The number of amides is 1. The number of imidazole rings is 1. The number of nitrogens with zero attached hydrogens (tertiary/aromatic N) is 2. The molecular formula is C16H13F3N4O2S. The molecule has 3 aromatic rings. The van der Waals surface area contributed by atoms with E-state index in [1.165, 1.54) is 23.9 Å². The lowest BCUT2D eigenvalue weighted by Crippen LogP contribution is -2.14. The standard InChI is InChI=1S/C16H13F3N4O2S/c1-2-25-15(24)23-14-21-12-7-11(8-20-13(12)22-14)26-10-5-3-9(4-6-10)16(17,18)19/h3-8H,2H2,1H3,(H2,20,21,22,23,24). The van der Waals surface area contributed by atoms with Crippen molar-refractivity contribution in [2.24, 2.45) is 0 Å². The fourth-order valence-electron chi connectivity index (χ4n) is 2.11. The lowest BCUT2D eigenvalue weighted by atomic mass is 10.2. The number of aromatic nitrogens is 3. The van der Waals surface area contributed by atoms with Crippen LogP contribution in [-0.2, 0) is 10.9 Å². The van der Waals surface area contributed by atoms with Crippen molar-refractivity contribution in [3.8, 4) is 0 Å². The summed E-state index contributed by atoms with van der Waals surface area (Å²) in [5.74, 6) is 0.197. The van der Waals surface area contributed by atoms with E-state index in [0.29, 0.717) is 21.0 Å². The number of nitrogens with one attached hydrogen (secondary N) is 2. The maximum absolute atomic E-state index is 12.6. The molecule has 2 N–H and O–H groups in total. The number of H-pyrrole nitrogens is 1. The Balaban J connectivity index is 1.75. The quantitative estimate of drug-likeness (QED) is 0.684. The van der Waals surface area contributed by atoms with E-state index in [1.54, 1.807) is 19.2 Å². The average Bonchev–Trinajstić information content (AvgIpc) is 2.96. The summed E-state index contributed by atoms with van der Waals surface area (Å²) in [7, 11) is 0. The van der Waals surface area contributed by atoms with E-state index in [-0.39, 0.29) is 12.6 Å². The zero-order valence-corrected chi connectivity index (χ0v) is 14.2. The summed E-state index contributed by atoms with van der Waals surface area (Å²) < 4.78 is 42.5. The van der Waals surface area contributed by atoms with Gasteiger partial charge < -0.3 is 9.72 Å². The van der Waals surface area contributed by atoms with Gasteiger partial charge in [-0.25, -0.2) is 9.78 Å². The minimum Gasteiger partial charge on any atom is -0.450 e. The van der Waals surface area contributed by atoms with Crippen LogP contribution < -0.4 is 5.32 Å². The molecule has 6 nitrogen and oxygen atoms in total. The van der Waals surface area contributed by atoms with Gasteiger partial charge in [0.05, 0.1) is 17.7 Å². The second-order valence-electron chi connectivity index (χ2n) is 5.10. The maximum atomic E-state index is 12.6. The zero-order chi connectivity index (χ0) is 18.7. The molecule has 0 spiro atoms. The van der Waals surface area contributed by atoms with E-state index in [0.717, 1.165) is 12.1 Å². The van der Waals surface area contributed by atoms with Gasteiger partial charge in [-0.2, -0.15) is 18.2 Å². The number of carbonyl (C=O) groups excluding carboxylic acids is 1. The number of ether oxygens (including phenoxy) is 1. The number of rotatable bonds is 4. The molecule has 0 aliphatic heterocycles. The molecule has 1 aromatic carbocycles.